The van der Waals surface area contributed by atoms with Crippen molar-refractivity contribution in [3.05, 3.63) is 29.8 Å². The smallest absolute Gasteiger partial charge is 0.124 e. The van der Waals surface area contributed by atoms with E-state index < -0.39 is 0 Å². The molecule has 1 spiro atoms. The molecule has 1 aromatic rings. The summed E-state index contributed by atoms with van der Waals surface area (Å²) in [4.78, 5) is 0. The highest BCUT2D eigenvalue weighted by Crippen LogP contribution is 2.47. The molecule has 1 aromatic carbocycles. The van der Waals surface area contributed by atoms with Crippen molar-refractivity contribution in [3.8, 4) is 5.75 Å². The van der Waals surface area contributed by atoms with Crippen LogP contribution in [0.1, 0.15) is 31.4 Å². The van der Waals surface area contributed by atoms with Crippen LogP contribution < -0.4 is 10.5 Å². The molecule has 1 fully saturated rings. The molecule has 0 aliphatic carbocycles. The molecule has 2 nitrogen and oxygen atoms in total. The van der Waals surface area contributed by atoms with Crippen molar-refractivity contribution in [2.75, 3.05) is 5.75 Å². The van der Waals surface area contributed by atoms with Crippen LogP contribution in [0, 0.1) is 0 Å². The Morgan fingerprint density at radius 1 is 1.38 bits per heavy atom. The summed E-state index contributed by atoms with van der Waals surface area (Å²) in [5.41, 5.74) is 7.42. The number of thioether (sulfide) groups is 1. The van der Waals surface area contributed by atoms with Crippen molar-refractivity contribution in [1.82, 2.24) is 0 Å². The Morgan fingerprint density at radius 2 is 2.19 bits per heavy atom. The standard InChI is InChI=1S/C13H17NOS/c1-9-6-13(8-16-9)7-11(14)10-4-2-3-5-12(10)15-13/h2-5,9,11H,6-8,14H2,1H3. The van der Waals surface area contributed by atoms with Crippen LogP contribution >= 0.6 is 11.8 Å². The first-order valence-corrected chi connectivity index (χ1v) is 6.89. The third-order valence-electron chi connectivity index (χ3n) is 3.53. The second-order valence-electron chi connectivity index (χ2n) is 4.96. The molecule has 0 bridgehead atoms. The van der Waals surface area contributed by atoms with E-state index in [4.69, 9.17) is 10.5 Å². The summed E-state index contributed by atoms with van der Waals surface area (Å²) >= 11 is 2.00. The van der Waals surface area contributed by atoms with E-state index in [2.05, 4.69) is 13.0 Å². The zero-order valence-electron chi connectivity index (χ0n) is 9.48. The molecule has 2 N–H and O–H groups in total. The lowest BCUT2D eigenvalue weighted by atomic mass is 9.86. The largest absolute Gasteiger partial charge is 0.486 e. The monoisotopic (exact) mass is 235 g/mol. The highest BCUT2D eigenvalue weighted by Gasteiger charge is 2.44. The van der Waals surface area contributed by atoms with Crippen LogP contribution in [0.2, 0.25) is 0 Å². The van der Waals surface area contributed by atoms with E-state index in [1.54, 1.807) is 0 Å². The van der Waals surface area contributed by atoms with E-state index in [1.165, 1.54) is 0 Å². The third-order valence-corrected chi connectivity index (χ3v) is 4.96. The summed E-state index contributed by atoms with van der Waals surface area (Å²) in [5, 5.41) is 0.692. The second kappa shape index (κ2) is 3.67. The van der Waals surface area contributed by atoms with Gasteiger partial charge in [-0.1, -0.05) is 25.1 Å². The zero-order valence-corrected chi connectivity index (χ0v) is 10.3. The number of hydrogen-bond donors (Lipinski definition) is 1. The minimum atomic E-state index is -0.00213. The van der Waals surface area contributed by atoms with Crippen LogP contribution in [-0.4, -0.2) is 16.6 Å². The summed E-state index contributed by atoms with van der Waals surface area (Å²) < 4.78 is 6.22. The molecule has 0 amide bonds. The van der Waals surface area contributed by atoms with Gasteiger partial charge in [-0.15, -0.1) is 0 Å². The molecule has 3 atom stereocenters. The fraction of sp³-hybridized carbons (Fsp3) is 0.538. The van der Waals surface area contributed by atoms with E-state index in [0.717, 1.165) is 29.9 Å². The first-order valence-electron chi connectivity index (χ1n) is 5.84. The maximum Gasteiger partial charge on any atom is 0.124 e. The van der Waals surface area contributed by atoms with E-state index in [-0.39, 0.29) is 11.6 Å². The Hall–Kier alpha value is -0.670. The minimum Gasteiger partial charge on any atom is -0.486 e. The average Bonchev–Trinajstić information content (AvgIpc) is 2.59. The Kier molecular flexibility index (Phi) is 2.41. The molecule has 16 heavy (non-hydrogen) atoms. The van der Waals surface area contributed by atoms with Crippen LogP contribution in [0.15, 0.2) is 24.3 Å². The van der Waals surface area contributed by atoms with Crippen LogP contribution in [0.5, 0.6) is 5.75 Å². The predicted molar refractivity (Wildman–Crippen MR) is 67.9 cm³/mol. The van der Waals surface area contributed by atoms with Gasteiger partial charge in [-0.25, -0.2) is 0 Å². The van der Waals surface area contributed by atoms with Crippen LogP contribution in [-0.2, 0) is 0 Å². The normalized spacial score (nSPS) is 37.1. The number of fused-ring (bicyclic) bond motifs is 1. The van der Waals surface area contributed by atoms with E-state index >= 15 is 0 Å². The van der Waals surface area contributed by atoms with Gasteiger partial charge in [-0.05, 0) is 12.5 Å². The fourth-order valence-corrected chi connectivity index (χ4v) is 4.12. The maximum absolute atomic E-state index is 6.26. The van der Waals surface area contributed by atoms with Gasteiger partial charge >= 0.3 is 0 Å². The van der Waals surface area contributed by atoms with Gasteiger partial charge in [0.1, 0.15) is 11.4 Å². The topological polar surface area (TPSA) is 35.2 Å². The van der Waals surface area contributed by atoms with Crippen LogP contribution in [0.3, 0.4) is 0 Å². The van der Waals surface area contributed by atoms with Gasteiger partial charge in [-0.2, -0.15) is 11.8 Å². The fourth-order valence-electron chi connectivity index (χ4n) is 2.81. The molecule has 3 heteroatoms. The summed E-state index contributed by atoms with van der Waals surface area (Å²) in [5.74, 6) is 2.08. The Labute approximate surface area is 101 Å². The molecular formula is C13H17NOS. The predicted octanol–water partition coefficient (Wildman–Crippen LogP) is 2.73. The van der Waals surface area contributed by atoms with Crippen molar-refractivity contribution in [1.29, 1.82) is 0 Å². The lowest BCUT2D eigenvalue weighted by Crippen LogP contribution is -2.43. The van der Waals surface area contributed by atoms with Gasteiger partial charge in [0.2, 0.25) is 0 Å². The van der Waals surface area contributed by atoms with Crippen molar-refractivity contribution in [2.24, 2.45) is 5.73 Å². The highest BCUT2D eigenvalue weighted by atomic mass is 32.2. The molecule has 3 rings (SSSR count). The number of rotatable bonds is 0. The zero-order chi connectivity index (χ0) is 11.2. The molecule has 1 saturated heterocycles. The molecule has 0 aromatic heterocycles. The van der Waals surface area contributed by atoms with Crippen molar-refractivity contribution >= 4 is 11.8 Å². The SMILES string of the molecule is CC1CC2(CS1)CC(N)c1ccccc1O2. The number of para-hydroxylation sites is 1. The average molecular weight is 235 g/mol. The molecular weight excluding hydrogens is 218 g/mol. The van der Waals surface area contributed by atoms with Gasteiger partial charge in [0.15, 0.2) is 0 Å². The third kappa shape index (κ3) is 1.62. The molecule has 2 aliphatic rings. The quantitative estimate of drug-likeness (QED) is 0.751. The maximum atomic E-state index is 6.26. The molecule has 3 unspecified atom stereocenters. The summed E-state index contributed by atoms with van der Waals surface area (Å²) in [6, 6.07) is 8.32. The summed E-state index contributed by atoms with van der Waals surface area (Å²) in [6.45, 7) is 2.27. The van der Waals surface area contributed by atoms with Gasteiger partial charge in [0.25, 0.3) is 0 Å². The molecule has 0 saturated carbocycles. The van der Waals surface area contributed by atoms with Crippen LogP contribution in [0.4, 0.5) is 0 Å². The Balaban J connectivity index is 1.95. The van der Waals surface area contributed by atoms with Crippen molar-refractivity contribution in [3.63, 3.8) is 0 Å². The number of nitrogens with two attached hydrogens (primary N) is 1. The lowest BCUT2D eigenvalue weighted by Gasteiger charge is -2.38. The van der Waals surface area contributed by atoms with Gasteiger partial charge in [0, 0.05) is 29.0 Å². The Bertz CT molecular complexity index is 409. The van der Waals surface area contributed by atoms with Crippen molar-refractivity contribution < 1.29 is 4.74 Å². The number of ether oxygens (including phenoxy) is 1. The van der Waals surface area contributed by atoms with Gasteiger partial charge in [-0.3, -0.25) is 0 Å². The molecule has 2 heterocycles. The van der Waals surface area contributed by atoms with Gasteiger partial charge in [0.05, 0.1) is 0 Å². The van der Waals surface area contributed by atoms with E-state index in [9.17, 15) is 0 Å². The first kappa shape index (κ1) is 10.5. The first-order chi connectivity index (χ1) is 7.69. The second-order valence-corrected chi connectivity index (χ2v) is 6.39. The summed E-state index contributed by atoms with van der Waals surface area (Å²) in [6.07, 6.45) is 2.08. The number of hydrogen-bond acceptors (Lipinski definition) is 3. The summed E-state index contributed by atoms with van der Waals surface area (Å²) in [7, 11) is 0. The van der Waals surface area contributed by atoms with E-state index in [1.807, 2.05) is 30.0 Å². The minimum absolute atomic E-state index is 0.00213. The van der Waals surface area contributed by atoms with E-state index in [0.29, 0.717) is 5.25 Å². The van der Waals surface area contributed by atoms with Crippen LogP contribution in [0.25, 0.3) is 0 Å². The van der Waals surface area contributed by atoms with Crippen molar-refractivity contribution in [2.45, 2.75) is 36.7 Å². The van der Waals surface area contributed by atoms with Gasteiger partial charge < -0.3 is 10.5 Å². The highest BCUT2D eigenvalue weighted by molar-refractivity contribution is 8.00. The molecule has 0 radical (unpaired) electrons. The number of benzene rings is 1. The Morgan fingerprint density at radius 3 is 2.94 bits per heavy atom. The molecule has 86 valence electrons. The lowest BCUT2D eigenvalue weighted by molar-refractivity contribution is 0.0576. The molecule has 2 aliphatic heterocycles.